The van der Waals surface area contributed by atoms with Crippen LogP contribution in [0.3, 0.4) is 0 Å². The minimum atomic E-state index is -1.53. The number of allylic oxidation sites excluding steroid dienone is 32. The van der Waals surface area contributed by atoms with Gasteiger partial charge in [0.2, 0.25) is 0 Å². The second-order valence-electron chi connectivity index (χ2n) is 25.5. The van der Waals surface area contributed by atoms with E-state index < -0.39 is 24.3 Å². The molecule has 0 rings (SSSR count). The highest BCUT2D eigenvalue weighted by atomic mass is 16.7. The van der Waals surface area contributed by atoms with Crippen molar-refractivity contribution in [1.82, 2.24) is 0 Å². The predicted molar refractivity (Wildman–Crippen MR) is 409 cm³/mol. The largest absolute Gasteiger partial charge is 0.477 e. The fraction of sp³-hybridized carbons (Fsp3) is 0.593. The average molecular weight is 1310 g/mol. The Morgan fingerprint density at radius 2 is 0.568 bits per heavy atom. The second-order valence-corrected chi connectivity index (χ2v) is 25.5. The van der Waals surface area contributed by atoms with Crippen molar-refractivity contribution in [2.24, 2.45) is 0 Å². The molecule has 0 heterocycles. The molecule has 0 saturated carbocycles. The standard InChI is InChI=1S/C86H137NO8/c1-6-8-10-12-14-16-18-20-22-24-26-28-30-32-34-36-38-39-40-41-42-43-44-45-47-49-51-53-55-57-59-61-63-65-67-69-71-73-75-77-84(89)95-82(81-94-86(85(90)91)92-79-78-87(3,4)5)80-93-83(88)76-74-72-70-68-66-64-62-60-58-56-54-52-50-48-46-37-35-33-31-29-27-25-23-21-19-17-15-13-11-9-7-2/h8-11,14-17,20-23,26-29,32-35,38-39,41-42,44-46,48,52,54,58,60,82,86H,6-7,12-13,18-19,24-25,30-31,36-37,40,43,47,49-51,53,55-57,59,61-81H2,1-5H3/p+1/b10-8-,11-9-,16-14-,17-15-,22-20-,23-21-,28-26-,29-27-,34-32-,35-33-,39-38-,42-41-,45-44-,48-46-,54-52-,60-58-. The van der Waals surface area contributed by atoms with Gasteiger partial charge in [-0.25, -0.2) is 4.79 Å². The third-order valence-corrected chi connectivity index (χ3v) is 15.3. The molecule has 0 saturated heterocycles. The Labute approximate surface area is 582 Å². The summed E-state index contributed by atoms with van der Waals surface area (Å²) < 4.78 is 23.0. The number of unbranched alkanes of at least 4 members (excludes halogenated alkanes) is 20. The van der Waals surface area contributed by atoms with Crippen molar-refractivity contribution in [2.45, 2.75) is 283 Å². The summed E-state index contributed by atoms with van der Waals surface area (Å²) in [5.74, 6) is -2.04. The van der Waals surface area contributed by atoms with Gasteiger partial charge in [0.05, 0.1) is 34.4 Å². The minimum Gasteiger partial charge on any atom is -0.477 e. The Bertz CT molecular complexity index is 2270. The lowest BCUT2D eigenvalue weighted by molar-refractivity contribution is -0.870. The first-order chi connectivity index (χ1) is 46.6. The van der Waals surface area contributed by atoms with Gasteiger partial charge in [0, 0.05) is 12.8 Å². The van der Waals surface area contributed by atoms with Crippen LogP contribution in [0.1, 0.15) is 271 Å². The van der Waals surface area contributed by atoms with Crippen molar-refractivity contribution in [3.05, 3.63) is 194 Å². The van der Waals surface area contributed by atoms with Crippen LogP contribution in [0.2, 0.25) is 0 Å². The number of hydrogen-bond donors (Lipinski definition) is 1. The number of esters is 2. The first-order valence-corrected chi connectivity index (χ1v) is 37.6. The molecule has 534 valence electrons. The summed E-state index contributed by atoms with van der Waals surface area (Å²) in [5, 5.41) is 9.76. The summed E-state index contributed by atoms with van der Waals surface area (Å²) >= 11 is 0. The van der Waals surface area contributed by atoms with Crippen LogP contribution >= 0.6 is 0 Å². The molecule has 2 unspecified atom stereocenters. The number of likely N-dealkylation sites (N-methyl/N-ethyl adjacent to an activating group) is 1. The van der Waals surface area contributed by atoms with Crippen LogP contribution in [0, 0.1) is 0 Å². The number of ether oxygens (including phenoxy) is 4. The number of aliphatic carboxylic acids is 1. The quantitative estimate of drug-likeness (QED) is 0.0211. The Kier molecular flexibility index (Phi) is 69.4. The van der Waals surface area contributed by atoms with Gasteiger partial charge in [-0.3, -0.25) is 9.59 Å². The number of hydrogen-bond acceptors (Lipinski definition) is 7. The van der Waals surface area contributed by atoms with E-state index in [1.165, 1.54) is 70.6 Å². The predicted octanol–water partition coefficient (Wildman–Crippen LogP) is 24.1. The lowest BCUT2D eigenvalue weighted by Crippen LogP contribution is -2.40. The summed E-state index contributed by atoms with van der Waals surface area (Å²) in [7, 11) is 5.96. The molecule has 0 amide bonds. The highest BCUT2D eigenvalue weighted by molar-refractivity contribution is 5.71. The van der Waals surface area contributed by atoms with Gasteiger partial charge in [0.15, 0.2) is 6.10 Å². The van der Waals surface area contributed by atoms with Crippen LogP contribution < -0.4 is 0 Å². The fourth-order valence-corrected chi connectivity index (χ4v) is 9.69. The number of carbonyl (C=O) groups excluding carboxylic acids is 2. The zero-order valence-electron chi connectivity index (χ0n) is 61.0. The highest BCUT2D eigenvalue weighted by Crippen LogP contribution is 2.16. The molecular weight excluding hydrogens is 1170 g/mol. The molecule has 9 nitrogen and oxygen atoms in total. The van der Waals surface area contributed by atoms with Crippen LogP contribution in [0.5, 0.6) is 0 Å². The topological polar surface area (TPSA) is 108 Å². The molecule has 9 heteroatoms. The molecule has 0 aliphatic carbocycles. The maximum atomic E-state index is 13.0. The van der Waals surface area contributed by atoms with E-state index in [2.05, 4.69) is 208 Å². The van der Waals surface area contributed by atoms with Crippen molar-refractivity contribution >= 4 is 17.9 Å². The number of carboxylic acids is 1. The molecule has 0 aromatic carbocycles. The summed E-state index contributed by atoms with van der Waals surface area (Å²) in [4.78, 5) is 37.7. The molecular formula is C86H138NO8+. The van der Waals surface area contributed by atoms with E-state index in [1.807, 2.05) is 21.1 Å². The van der Waals surface area contributed by atoms with Crippen LogP contribution in [-0.4, -0.2) is 87.4 Å². The lowest BCUT2D eigenvalue weighted by atomic mass is 10.0. The van der Waals surface area contributed by atoms with Crippen molar-refractivity contribution in [3.8, 4) is 0 Å². The van der Waals surface area contributed by atoms with Gasteiger partial charge < -0.3 is 28.5 Å². The van der Waals surface area contributed by atoms with Gasteiger partial charge in [-0.15, -0.1) is 0 Å². The first kappa shape index (κ1) is 89.1. The molecule has 0 fully saturated rings. The van der Waals surface area contributed by atoms with E-state index in [1.54, 1.807) is 0 Å². The molecule has 0 spiro atoms. The van der Waals surface area contributed by atoms with E-state index in [4.69, 9.17) is 18.9 Å². The average Bonchev–Trinajstić information content (AvgIpc) is 2.92. The minimum absolute atomic E-state index is 0.175. The van der Waals surface area contributed by atoms with Crippen molar-refractivity contribution in [2.75, 3.05) is 47.5 Å². The second kappa shape index (κ2) is 73.9. The van der Waals surface area contributed by atoms with E-state index >= 15 is 0 Å². The van der Waals surface area contributed by atoms with E-state index in [9.17, 15) is 19.5 Å². The van der Waals surface area contributed by atoms with Crippen LogP contribution in [0.15, 0.2) is 194 Å². The number of nitrogens with zero attached hydrogens (tertiary/aromatic N) is 1. The molecule has 2 atom stereocenters. The Morgan fingerprint density at radius 3 is 0.842 bits per heavy atom. The number of carboxylic acid groups (broad SMARTS) is 1. The van der Waals surface area contributed by atoms with Crippen molar-refractivity contribution in [3.63, 3.8) is 0 Å². The van der Waals surface area contributed by atoms with Gasteiger partial charge in [-0.2, -0.15) is 0 Å². The summed E-state index contributed by atoms with van der Waals surface area (Å²) in [5.41, 5.74) is 0. The van der Waals surface area contributed by atoms with Crippen LogP contribution in [-0.2, 0) is 33.3 Å². The van der Waals surface area contributed by atoms with Gasteiger partial charge in [-0.05, 0) is 141 Å². The van der Waals surface area contributed by atoms with Gasteiger partial charge >= 0.3 is 17.9 Å². The zero-order chi connectivity index (χ0) is 69.0. The van der Waals surface area contributed by atoms with Gasteiger partial charge in [0.25, 0.3) is 6.29 Å². The molecule has 0 aliphatic rings. The maximum absolute atomic E-state index is 13.0. The SMILES string of the molecule is CC/C=C\C/C=C\C/C=C\C/C=C\C/C=C\C/C=C\C/C=C\C/C=C\CCCCCCCCCCCCCCCCC(=O)OC(COC(=O)CCCCCCCC/C=C\C/C=C\C/C=C\C/C=C\C/C=C\C/C=C\C/C=C\C/C=C\CC)COC(OCC[N+](C)(C)C)C(=O)O. The number of quaternary nitrogens is 1. The zero-order valence-corrected chi connectivity index (χ0v) is 61.0. The van der Waals surface area contributed by atoms with Gasteiger partial charge in [-0.1, -0.05) is 311 Å². The molecule has 0 bridgehead atoms. The summed E-state index contributed by atoms with van der Waals surface area (Å²) in [6, 6.07) is 0. The smallest absolute Gasteiger partial charge is 0.361 e. The van der Waals surface area contributed by atoms with Crippen LogP contribution in [0.4, 0.5) is 0 Å². The van der Waals surface area contributed by atoms with E-state index in [0.717, 1.165) is 167 Å². The molecule has 0 aliphatic heterocycles. The van der Waals surface area contributed by atoms with Crippen molar-refractivity contribution in [1.29, 1.82) is 0 Å². The van der Waals surface area contributed by atoms with E-state index in [0.29, 0.717) is 17.4 Å². The van der Waals surface area contributed by atoms with Crippen LogP contribution in [0.25, 0.3) is 0 Å². The Balaban J connectivity index is 4.17. The molecule has 0 aromatic heterocycles. The third kappa shape index (κ3) is 75.4. The van der Waals surface area contributed by atoms with Crippen molar-refractivity contribution < 1.29 is 42.9 Å². The third-order valence-electron chi connectivity index (χ3n) is 15.3. The molecule has 95 heavy (non-hydrogen) atoms. The molecule has 1 N–H and O–H groups in total. The normalized spacial score (nSPS) is 13.8. The Morgan fingerprint density at radius 1 is 0.316 bits per heavy atom. The maximum Gasteiger partial charge on any atom is 0.361 e. The Hall–Kier alpha value is -5.87. The monoisotopic (exact) mass is 1310 g/mol. The fourth-order valence-electron chi connectivity index (χ4n) is 9.69. The van der Waals surface area contributed by atoms with Gasteiger partial charge in [0.1, 0.15) is 13.2 Å². The lowest BCUT2D eigenvalue weighted by Gasteiger charge is -2.25. The molecule has 0 aromatic rings. The van der Waals surface area contributed by atoms with E-state index in [-0.39, 0.29) is 38.6 Å². The summed E-state index contributed by atoms with van der Waals surface area (Å²) in [6.07, 6.45) is 111. The highest BCUT2D eigenvalue weighted by Gasteiger charge is 2.25. The molecule has 0 radical (unpaired) electrons. The first-order valence-electron chi connectivity index (χ1n) is 37.6. The summed E-state index contributed by atoms with van der Waals surface area (Å²) in [6.45, 7) is 4.62. The number of rotatable bonds is 67. The number of carbonyl (C=O) groups is 3.